The van der Waals surface area contributed by atoms with Crippen LogP contribution in [0.25, 0.3) is 0 Å². The molecule has 0 bridgehead atoms. The Morgan fingerprint density at radius 1 is 1.15 bits per heavy atom. The van der Waals surface area contributed by atoms with Gasteiger partial charge in [-0.25, -0.2) is 0 Å². The van der Waals surface area contributed by atoms with Crippen molar-refractivity contribution in [1.29, 1.82) is 0 Å². The van der Waals surface area contributed by atoms with E-state index in [2.05, 4.69) is 59.4 Å². The first-order valence-corrected chi connectivity index (χ1v) is 8.37. The van der Waals surface area contributed by atoms with Gasteiger partial charge in [0.15, 0.2) is 0 Å². The second-order valence-electron chi connectivity index (χ2n) is 5.03. The molecule has 108 valence electrons. The Bertz CT molecular complexity index is 539. The molecule has 1 N–H and O–H groups in total. The van der Waals surface area contributed by atoms with Crippen LogP contribution in [0.3, 0.4) is 0 Å². The minimum Gasteiger partial charge on any atom is -0.371 e. The minimum atomic E-state index is 0.522. The molecule has 0 aliphatic rings. The van der Waals surface area contributed by atoms with Gasteiger partial charge in [0.2, 0.25) is 0 Å². The standard InChI is InChI=1S/C16H20BrNOS/c1-12(2)18-9-15-6-7-16(20-15)11-19-10-13-4-3-5-14(17)8-13/h3-8,12,18H,9-11H2,1-2H3. The number of hydrogen-bond donors (Lipinski definition) is 1. The maximum atomic E-state index is 5.77. The third kappa shape index (κ3) is 5.37. The van der Waals surface area contributed by atoms with Crippen LogP contribution in [0.15, 0.2) is 40.9 Å². The van der Waals surface area contributed by atoms with Crippen molar-refractivity contribution in [1.82, 2.24) is 5.32 Å². The van der Waals surface area contributed by atoms with Crippen LogP contribution in [0.5, 0.6) is 0 Å². The predicted molar refractivity (Wildman–Crippen MR) is 88.9 cm³/mol. The van der Waals surface area contributed by atoms with Gasteiger partial charge in [-0.15, -0.1) is 11.3 Å². The Balaban J connectivity index is 1.77. The molecule has 1 aromatic carbocycles. The first kappa shape index (κ1) is 15.7. The highest BCUT2D eigenvalue weighted by atomic mass is 79.9. The van der Waals surface area contributed by atoms with Crippen molar-refractivity contribution in [3.63, 3.8) is 0 Å². The van der Waals surface area contributed by atoms with Crippen LogP contribution in [0.4, 0.5) is 0 Å². The van der Waals surface area contributed by atoms with Gasteiger partial charge in [0.1, 0.15) is 0 Å². The summed E-state index contributed by atoms with van der Waals surface area (Å²) in [5.41, 5.74) is 1.19. The number of ether oxygens (including phenoxy) is 1. The van der Waals surface area contributed by atoms with Crippen LogP contribution in [0, 0.1) is 0 Å². The van der Waals surface area contributed by atoms with Gasteiger partial charge in [0.05, 0.1) is 13.2 Å². The third-order valence-corrected chi connectivity index (χ3v) is 4.36. The lowest BCUT2D eigenvalue weighted by molar-refractivity contribution is 0.109. The SMILES string of the molecule is CC(C)NCc1ccc(COCc2cccc(Br)c2)s1. The molecular weight excluding hydrogens is 334 g/mol. The van der Waals surface area contributed by atoms with Crippen molar-refractivity contribution in [2.24, 2.45) is 0 Å². The molecule has 4 heteroatoms. The number of rotatable bonds is 7. The normalized spacial score (nSPS) is 11.2. The van der Waals surface area contributed by atoms with E-state index >= 15 is 0 Å². The summed E-state index contributed by atoms with van der Waals surface area (Å²) in [6, 6.07) is 13.1. The zero-order valence-corrected chi connectivity index (χ0v) is 14.3. The van der Waals surface area contributed by atoms with Crippen molar-refractivity contribution >= 4 is 27.3 Å². The molecular formula is C16H20BrNOS. The van der Waals surface area contributed by atoms with Gasteiger partial charge in [0.25, 0.3) is 0 Å². The van der Waals surface area contributed by atoms with Crippen molar-refractivity contribution in [3.8, 4) is 0 Å². The summed E-state index contributed by atoms with van der Waals surface area (Å²) in [6.07, 6.45) is 0. The highest BCUT2D eigenvalue weighted by Crippen LogP contribution is 2.18. The molecule has 0 atom stereocenters. The number of halogens is 1. The van der Waals surface area contributed by atoms with E-state index in [1.807, 2.05) is 23.5 Å². The van der Waals surface area contributed by atoms with Gasteiger partial charge in [-0.2, -0.15) is 0 Å². The number of nitrogens with one attached hydrogen (secondary N) is 1. The van der Waals surface area contributed by atoms with E-state index in [1.54, 1.807) is 0 Å². The largest absolute Gasteiger partial charge is 0.371 e. The molecule has 2 rings (SSSR count). The summed E-state index contributed by atoms with van der Waals surface area (Å²) < 4.78 is 6.86. The fourth-order valence-corrected chi connectivity index (χ4v) is 3.15. The van der Waals surface area contributed by atoms with Crippen LogP contribution in [0.2, 0.25) is 0 Å². The van der Waals surface area contributed by atoms with Crippen molar-refractivity contribution in [2.75, 3.05) is 0 Å². The van der Waals surface area contributed by atoms with Crippen molar-refractivity contribution in [2.45, 2.75) is 39.6 Å². The molecule has 2 aromatic rings. The van der Waals surface area contributed by atoms with Crippen molar-refractivity contribution in [3.05, 3.63) is 56.2 Å². The van der Waals surface area contributed by atoms with E-state index in [-0.39, 0.29) is 0 Å². The topological polar surface area (TPSA) is 21.3 Å². The predicted octanol–water partition coefficient (Wildman–Crippen LogP) is 4.73. The summed E-state index contributed by atoms with van der Waals surface area (Å²) in [5, 5.41) is 3.43. The van der Waals surface area contributed by atoms with Gasteiger partial charge in [-0.05, 0) is 29.8 Å². The molecule has 0 aliphatic carbocycles. The quantitative estimate of drug-likeness (QED) is 0.776. The Labute approximate surface area is 133 Å². The Morgan fingerprint density at radius 2 is 1.95 bits per heavy atom. The maximum Gasteiger partial charge on any atom is 0.0814 e. The zero-order chi connectivity index (χ0) is 14.4. The Kier molecular flexibility index (Phi) is 6.23. The molecule has 0 fully saturated rings. The average molecular weight is 354 g/mol. The molecule has 0 unspecified atom stereocenters. The molecule has 2 nitrogen and oxygen atoms in total. The molecule has 1 aromatic heterocycles. The summed E-state index contributed by atoms with van der Waals surface area (Å²) >= 11 is 5.29. The number of benzene rings is 1. The lowest BCUT2D eigenvalue weighted by Gasteiger charge is -2.05. The van der Waals surface area contributed by atoms with Crippen LogP contribution in [0.1, 0.15) is 29.2 Å². The maximum absolute atomic E-state index is 5.77. The number of hydrogen-bond acceptors (Lipinski definition) is 3. The van der Waals surface area contributed by atoms with Gasteiger partial charge in [0, 0.05) is 26.8 Å². The Hall–Kier alpha value is -0.680. The summed E-state index contributed by atoms with van der Waals surface area (Å²) in [6.45, 7) is 6.59. The summed E-state index contributed by atoms with van der Waals surface area (Å²) in [7, 11) is 0. The fraction of sp³-hybridized carbons (Fsp3) is 0.375. The average Bonchev–Trinajstić information content (AvgIpc) is 2.84. The van der Waals surface area contributed by atoms with E-state index < -0.39 is 0 Å². The van der Waals surface area contributed by atoms with E-state index in [9.17, 15) is 0 Å². The monoisotopic (exact) mass is 353 g/mol. The van der Waals surface area contributed by atoms with Crippen LogP contribution in [-0.4, -0.2) is 6.04 Å². The Morgan fingerprint density at radius 3 is 2.70 bits per heavy atom. The molecule has 0 saturated heterocycles. The molecule has 0 radical (unpaired) electrons. The van der Waals surface area contributed by atoms with Gasteiger partial charge >= 0.3 is 0 Å². The van der Waals surface area contributed by atoms with Crippen LogP contribution >= 0.6 is 27.3 Å². The highest BCUT2D eigenvalue weighted by Gasteiger charge is 2.02. The fourth-order valence-electron chi connectivity index (χ4n) is 1.80. The summed E-state index contributed by atoms with van der Waals surface area (Å²) in [5.74, 6) is 0. The van der Waals surface area contributed by atoms with E-state index in [1.165, 1.54) is 15.3 Å². The summed E-state index contributed by atoms with van der Waals surface area (Å²) in [4.78, 5) is 2.64. The van der Waals surface area contributed by atoms with E-state index in [0.717, 1.165) is 11.0 Å². The third-order valence-electron chi connectivity index (χ3n) is 2.80. The number of thiophene rings is 1. The zero-order valence-electron chi connectivity index (χ0n) is 11.9. The van der Waals surface area contributed by atoms with E-state index in [0.29, 0.717) is 19.3 Å². The van der Waals surface area contributed by atoms with Crippen molar-refractivity contribution < 1.29 is 4.74 Å². The van der Waals surface area contributed by atoms with Crippen LogP contribution < -0.4 is 5.32 Å². The lowest BCUT2D eigenvalue weighted by atomic mass is 10.2. The second kappa shape index (κ2) is 7.93. The van der Waals surface area contributed by atoms with Crippen LogP contribution in [-0.2, 0) is 24.5 Å². The first-order valence-electron chi connectivity index (χ1n) is 6.76. The molecule has 20 heavy (non-hydrogen) atoms. The smallest absolute Gasteiger partial charge is 0.0814 e. The highest BCUT2D eigenvalue weighted by molar-refractivity contribution is 9.10. The minimum absolute atomic E-state index is 0.522. The van der Waals surface area contributed by atoms with Gasteiger partial charge in [-0.3, -0.25) is 0 Å². The molecule has 0 spiro atoms. The van der Waals surface area contributed by atoms with E-state index in [4.69, 9.17) is 4.74 Å². The molecule has 0 aliphatic heterocycles. The lowest BCUT2D eigenvalue weighted by Crippen LogP contribution is -2.21. The van der Waals surface area contributed by atoms with Gasteiger partial charge in [-0.1, -0.05) is 41.9 Å². The first-order chi connectivity index (χ1) is 9.63. The molecule has 0 saturated carbocycles. The molecule has 0 amide bonds. The molecule has 1 heterocycles. The van der Waals surface area contributed by atoms with Gasteiger partial charge < -0.3 is 10.1 Å². The second-order valence-corrected chi connectivity index (χ2v) is 7.19.